The largest absolute Gasteiger partial charge is 0.381 e. The van der Waals surface area contributed by atoms with Gasteiger partial charge in [0.1, 0.15) is 0 Å². The molecule has 4 heteroatoms. The van der Waals surface area contributed by atoms with E-state index in [1.807, 2.05) is 4.90 Å². The summed E-state index contributed by atoms with van der Waals surface area (Å²) in [6.07, 6.45) is 4.34. The summed E-state index contributed by atoms with van der Waals surface area (Å²) in [6.45, 7) is 3.45. The molecule has 1 N–H and O–H groups in total. The molecule has 2 heterocycles. The maximum atomic E-state index is 11.9. The van der Waals surface area contributed by atoms with Gasteiger partial charge in [0.2, 0.25) is 5.91 Å². The Balaban J connectivity index is 1.49. The molecular weight excluding hydrogens is 192 g/mol. The molecule has 0 radical (unpaired) electrons. The van der Waals surface area contributed by atoms with Crippen LogP contribution < -0.4 is 5.32 Å². The predicted octanol–water partition coefficient (Wildman–Crippen LogP) is 0.335. The number of nitrogens with zero attached hydrogens (tertiary/aromatic N) is 1. The summed E-state index contributed by atoms with van der Waals surface area (Å²) in [7, 11) is 0. The minimum absolute atomic E-state index is 0.119. The molecule has 3 aliphatic rings. The smallest absolute Gasteiger partial charge is 0.243 e. The summed E-state index contributed by atoms with van der Waals surface area (Å²) in [5.74, 6) is 1.01. The number of amides is 1. The van der Waals surface area contributed by atoms with Crippen molar-refractivity contribution < 1.29 is 9.53 Å². The van der Waals surface area contributed by atoms with Gasteiger partial charge in [-0.2, -0.15) is 0 Å². The van der Waals surface area contributed by atoms with E-state index in [-0.39, 0.29) is 5.54 Å². The van der Waals surface area contributed by atoms with E-state index in [0.717, 1.165) is 45.7 Å². The van der Waals surface area contributed by atoms with Gasteiger partial charge in [0, 0.05) is 19.8 Å². The van der Waals surface area contributed by atoms with Crippen LogP contribution in [0.2, 0.25) is 0 Å². The van der Waals surface area contributed by atoms with Crippen molar-refractivity contribution in [3.8, 4) is 0 Å². The molecule has 1 saturated carbocycles. The summed E-state index contributed by atoms with van der Waals surface area (Å²) in [6, 6.07) is 0. The lowest BCUT2D eigenvalue weighted by Gasteiger charge is -2.17. The molecule has 1 unspecified atom stereocenters. The molecule has 15 heavy (non-hydrogen) atoms. The lowest BCUT2D eigenvalue weighted by atomic mass is 10.1. The van der Waals surface area contributed by atoms with Gasteiger partial charge in [-0.15, -0.1) is 0 Å². The summed E-state index contributed by atoms with van der Waals surface area (Å²) >= 11 is 0. The zero-order valence-corrected chi connectivity index (χ0v) is 9.00. The number of rotatable bonds is 3. The first-order chi connectivity index (χ1) is 7.30. The second-order valence-electron chi connectivity index (χ2n) is 5.00. The Morgan fingerprint density at radius 1 is 1.53 bits per heavy atom. The molecule has 3 rings (SSSR count). The lowest BCUT2D eigenvalue weighted by Crippen LogP contribution is -2.33. The quantitative estimate of drug-likeness (QED) is 0.730. The van der Waals surface area contributed by atoms with Crippen molar-refractivity contribution >= 4 is 5.91 Å². The van der Waals surface area contributed by atoms with Crippen LogP contribution >= 0.6 is 0 Å². The minimum Gasteiger partial charge on any atom is -0.381 e. The fraction of sp³-hybridized carbons (Fsp3) is 0.909. The van der Waals surface area contributed by atoms with Crippen molar-refractivity contribution in [1.82, 2.24) is 10.2 Å². The van der Waals surface area contributed by atoms with Gasteiger partial charge in [0.05, 0.1) is 12.2 Å². The van der Waals surface area contributed by atoms with E-state index < -0.39 is 0 Å². The first-order valence-electron chi connectivity index (χ1n) is 5.92. The topological polar surface area (TPSA) is 41.6 Å². The highest BCUT2D eigenvalue weighted by molar-refractivity contribution is 5.91. The van der Waals surface area contributed by atoms with Gasteiger partial charge in [-0.1, -0.05) is 0 Å². The van der Waals surface area contributed by atoms with Gasteiger partial charge in [-0.3, -0.25) is 10.1 Å². The number of carbonyl (C=O) groups is 1. The van der Waals surface area contributed by atoms with Crippen LogP contribution in [0.25, 0.3) is 0 Å². The predicted molar refractivity (Wildman–Crippen MR) is 55.2 cm³/mol. The molecule has 0 bridgehead atoms. The average Bonchev–Trinajstić information content (AvgIpc) is 2.72. The molecule has 1 atom stereocenters. The number of hydrogen-bond acceptors (Lipinski definition) is 3. The number of nitrogens with one attached hydrogen (secondary N) is 1. The van der Waals surface area contributed by atoms with Crippen LogP contribution in [0.4, 0.5) is 0 Å². The standard InChI is InChI=1S/C11H18N2O2/c14-10-11(3-4-11)12-8-13(10)5-1-9-2-6-15-7-9/h9,12H,1-8H2. The second kappa shape index (κ2) is 3.46. The average molecular weight is 210 g/mol. The molecule has 0 aromatic heterocycles. The van der Waals surface area contributed by atoms with Crippen LogP contribution in [0, 0.1) is 5.92 Å². The van der Waals surface area contributed by atoms with E-state index in [2.05, 4.69) is 5.32 Å². The zero-order chi connectivity index (χ0) is 10.3. The van der Waals surface area contributed by atoms with Gasteiger partial charge < -0.3 is 9.64 Å². The van der Waals surface area contributed by atoms with E-state index in [0.29, 0.717) is 11.8 Å². The van der Waals surface area contributed by atoms with Crippen molar-refractivity contribution in [3.63, 3.8) is 0 Å². The van der Waals surface area contributed by atoms with E-state index in [4.69, 9.17) is 4.74 Å². The third kappa shape index (κ3) is 1.66. The molecule has 2 saturated heterocycles. The summed E-state index contributed by atoms with van der Waals surface area (Å²) in [4.78, 5) is 13.9. The highest BCUT2D eigenvalue weighted by atomic mass is 16.5. The Hall–Kier alpha value is -0.610. The molecule has 1 spiro atoms. The van der Waals surface area contributed by atoms with Crippen LogP contribution in [0.1, 0.15) is 25.7 Å². The van der Waals surface area contributed by atoms with Crippen LogP contribution in [-0.4, -0.2) is 42.8 Å². The van der Waals surface area contributed by atoms with E-state index in [9.17, 15) is 4.79 Å². The highest BCUT2D eigenvalue weighted by Crippen LogP contribution is 2.40. The van der Waals surface area contributed by atoms with E-state index in [1.165, 1.54) is 6.42 Å². The Bertz CT molecular complexity index is 270. The Labute approximate surface area is 90.0 Å². The summed E-state index contributed by atoms with van der Waals surface area (Å²) < 4.78 is 5.33. The maximum absolute atomic E-state index is 11.9. The van der Waals surface area contributed by atoms with Gasteiger partial charge in [-0.05, 0) is 31.6 Å². The normalized spacial score (nSPS) is 32.9. The molecule has 84 valence electrons. The Morgan fingerprint density at radius 2 is 2.40 bits per heavy atom. The van der Waals surface area contributed by atoms with Crippen molar-refractivity contribution in [3.05, 3.63) is 0 Å². The fourth-order valence-corrected chi connectivity index (χ4v) is 2.54. The molecule has 3 fully saturated rings. The molecular formula is C11H18N2O2. The van der Waals surface area contributed by atoms with Crippen molar-refractivity contribution in [2.45, 2.75) is 31.2 Å². The third-order valence-electron chi connectivity index (χ3n) is 3.89. The van der Waals surface area contributed by atoms with Gasteiger partial charge in [0.25, 0.3) is 0 Å². The molecule has 4 nitrogen and oxygen atoms in total. The van der Waals surface area contributed by atoms with Crippen molar-refractivity contribution in [2.24, 2.45) is 5.92 Å². The van der Waals surface area contributed by atoms with Gasteiger partial charge >= 0.3 is 0 Å². The summed E-state index contributed by atoms with van der Waals surface area (Å²) in [5, 5.41) is 3.33. The molecule has 0 aromatic carbocycles. The molecule has 0 aromatic rings. The van der Waals surface area contributed by atoms with Crippen LogP contribution in [0.15, 0.2) is 0 Å². The second-order valence-corrected chi connectivity index (χ2v) is 5.00. The monoisotopic (exact) mass is 210 g/mol. The van der Waals surface area contributed by atoms with Crippen LogP contribution in [0.3, 0.4) is 0 Å². The SMILES string of the molecule is O=C1N(CCC2CCOC2)CNC12CC2. The fourth-order valence-electron chi connectivity index (χ4n) is 2.54. The van der Waals surface area contributed by atoms with Gasteiger partial charge in [0.15, 0.2) is 0 Å². The third-order valence-corrected chi connectivity index (χ3v) is 3.89. The lowest BCUT2D eigenvalue weighted by molar-refractivity contribution is -0.129. The van der Waals surface area contributed by atoms with Crippen molar-refractivity contribution in [2.75, 3.05) is 26.4 Å². The molecule has 1 aliphatic carbocycles. The molecule has 1 amide bonds. The number of carbonyl (C=O) groups excluding carboxylic acids is 1. The molecule has 2 aliphatic heterocycles. The number of ether oxygens (including phenoxy) is 1. The Kier molecular flexibility index (Phi) is 2.21. The first kappa shape index (κ1) is 9.60. The summed E-state index contributed by atoms with van der Waals surface area (Å²) in [5.41, 5.74) is -0.119. The first-order valence-corrected chi connectivity index (χ1v) is 5.92. The van der Waals surface area contributed by atoms with E-state index in [1.54, 1.807) is 0 Å². The number of hydrogen-bond donors (Lipinski definition) is 1. The van der Waals surface area contributed by atoms with Crippen molar-refractivity contribution in [1.29, 1.82) is 0 Å². The van der Waals surface area contributed by atoms with Gasteiger partial charge in [-0.25, -0.2) is 0 Å². The van der Waals surface area contributed by atoms with Crippen LogP contribution in [0.5, 0.6) is 0 Å². The zero-order valence-electron chi connectivity index (χ0n) is 9.00. The minimum atomic E-state index is -0.119. The highest BCUT2D eigenvalue weighted by Gasteiger charge is 2.55. The maximum Gasteiger partial charge on any atom is 0.243 e. The Morgan fingerprint density at radius 3 is 3.00 bits per heavy atom. The van der Waals surface area contributed by atoms with Crippen LogP contribution in [-0.2, 0) is 9.53 Å². The van der Waals surface area contributed by atoms with E-state index >= 15 is 0 Å².